The van der Waals surface area contributed by atoms with E-state index < -0.39 is 0 Å². The van der Waals surface area contributed by atoms with Gasteiger partial charge in [0.05, 0.1) is 0 Å². The fourth-order valence-electron chi connectivity index (χ4n) is 1.16. The van der Waals surface area contributed by atoms with Crippen LogP contribution in [0.3, 0.4) is 0 Å². The molecular formula is C9H11N3O. The zero-order valence-corrected chi connectivity index (χ0v) is 7.59. The molecule has 2 heterocycles. The quantitative estimate of drug-likeness (QED) is 0.737. The number of nitrogens with zero attached hydrogens (tertiary/aromatic N) is 1. The van der Waals surface area contributed by atoms with Gasteiger partial charge in [-0.3, -0.25) is 5.10 Å². The number of aromatic amines is 1. The van der Waals surface area contributed by atoms with Crippen LogP contribution in [0.4, 0.5) is 5.82 Å². The molecule has 13 heavy (non-hydrogen) atoms. The van der Waals surface area contributed by atoms with Crippen LogP contribution in [0.1, 0.15) is 5.76 Å². The number of hydrogen-bond acceptors (Lipinski definition) is 3. The van der Waals surface area contributed by atoms with E-state index >= 15 is 0 Å². The van der Waals surface area contributed by atoms with Crippen LogP contribution in [0, 0.1) is 6.92 Å². The Balaban J connectivity index is 2.35. The highest BCUT2D eigenvalue weighted by Crippen LogP contribution is 2.21. The van der Waals surface area contributed by atoms with Gasteiger partial charge in [0.1, 0.15) is 17.3 Å². The highest BCUT2D eigenvalue weighted by molar-refractivity contribution is 5.57. The molecule has 0 aromatic carbocycles. The Morgan fingerprint density at radius 2 is 2.31 bits per heavy atom. The maximum Gasteiger partial charge on any atom is 0.152 e. The molecule has 68 valence electrons. The zero-order valence-electron chi connectivity index (χ0n) is 7.59. The molecule has 0 amide bonds. The highest BCUT2D eigenvalue weighted by Gasteiger charge is 2.05. The first kappa shape index (κ1) is 7.91. The number of nitrogens with one attached hydrogen (secondary N) is 2. The van der Waals surface area contributed by atoms with Gasteiger partial charge in [0, 0.05) is 13.1 Å². The van der Waals surface area contributed by atoms with Gasteiger partial charge in [-0.05, 0) is 19.1 Å². The number of aryl methyl sites for hydroxylation is 1. The summed E-state index contributed by atoms with van der Waals surface area (Å²) >= 11 is 0. The molecule has 0 saturated heterocycles. The van der Waals surface area contributed by atoms with E-state index in [0.29, 0.717) is 0 Å². The van der Waals surface area contributed by atoms with Gasteiger partial charge in [-0.15, -0.1) is 0 Å². The average molecular weight is 177 g/mol. The molecule has 0 radical (unpaired) electrons. The predicted octanol–water partition coefficient (Wildman–Crippen LogP) is 2.02. The molecule has 0 aliphatic carbocycles. The molecule has 0 spiro atoms. The van der Waals surface area contributed by atoms with E-state index in [1.54, 1.807) is 0 Å². The van der Waals surface area contributed by atoms with E-state index in [0.717, 1.165) is 23.0 Å². The van der Waals surface area contributed by atoms with E-state index in [2.05, 4.69) is 15.5 Å². The Labute approximate surface area is 76.0 Å². The molecule has 0 unspecified atom stereocenters. The molecule has 2 aromatic heterocycles. The Morgan fingerprint density at radius 3 is 2.85 bits per heavy atom. The summed E-state index contributed by atoms with van der Waals surface area (Å²) in [4.78, 5) is 0. The summed E-state index contributed by atoms with van der Waals surface area (Å²) in [6.45, 7) is 1.92. The number of aromatic nitrogens is 2. The minimum absolute atomic E-state index is 0.809. The van der Waals surface area contributed by atoms with E-state index in [9.17, 15) is 0 Å². The van der Waals surface area contributed by atoms with Crippen molar-refractivity contribution in [1.29, 1.82) is 0 Å². The van der Waals surface area contributed by atoms with Crippen molar-refractivity contribution >= 4 is 5.82 Å². The Kier molecular flexibility index (Phi) is 1.81. The van der Waals surface area contributed by atoms with Gasteiger partial charge in [-0.25, -0.2) is 0 Å². The molecule has 4 heteroatoms. The summed E-state index contributed by atoms with van der Waals surface area (Å²) in [7, 11) is 1.83. The number of hydrogen-bond donors (Lipinski definition) is 2. The van der Waals surface area contributed by atoms with E-state index in [4.69, 9.17) is 4.42 Å². The average Bonchev–Trinajstić information content (AvgIpc) is 2.71. The third kappa shape index (κ3) is 1.42. The Morgan fingerprint density at radius 1 is 1.46 bits per heavy atom. The maximum absolute atomic E-state index is 5.43. The lowest BCUT2D eigenvalue weighted by atomic mass is 10.3. The van der Waals surface area contributed by atoms with Crippen molar-refractivity contribution < 1.29 is 4.42 Å². The number of rotatable bonds is 2. The van der Waals surface area contributed by atoms with Crippen molar-refractivity contribution in [3.63, 3.8) is 0 Å². The van der Waals surface area contributed by atoms with Crippen molar-refractivity contribution in [3.05, 3.63) is 24.0 Å². The second-order valence-corrected chi connectivity index (χ2v) is 2.83. The van der Waals surface area contributed by atoms with Crippen molar-refractivity contribution in [1.82, 2.24) is 10.2 Å². The van der Waals surface area contributed by atoms with E-state index in [1.807, 2.05) is 32.2 Å². The van der Waals surface area contributed by atoms with Crippen LogP contribution in [-0.4, -0.2) is 17.2 Å². The molecule has 4 nitrogen and oxygen atoms in total. The first-order chi connectivity index (χ1) is 6.29. The summed E-state index contributed by atoms with van der Waals surface area (Å²) < 4.78 is 5.43. The van der Waals surface area contributed by atoms with Gasteiger partial charge in [-0.2, -0.15) is 5.10 Å². The normalized spacial score (nSPS) is 10.3. The van der Waals surface area contributed by atoms with Gasteiger partial charge in [0.15, 0.2) is 5.76 Å². The van der Waals surface area contributed by atoms with Crippen molar-refractivity contribution in [2.75, 3.05) is 12.4 Å². The second kappa shape index (κ2) is 2.97. The third-order valence-corrected chi connectivity index (χ3v) is 1.84. The lowest BCUT2D eigenvalue weighted by molar-refractivity contribution is 0.546. The van der Waals surface area contributed by atoms with Crippen LogP contribution < -0.4 is 5.32 Å². The Hall–Kier alpha value is -1.71. The second-order valence-electron chi connectivity index (χ2n) is 2.83. The van der Waals surface area contributed by atoms with Crippen molar-refractivity contribution in [2.45, 2.75) is 6.92 Å². The summed E-state index contributed by atoms with van der Waals surface area (Å²) in [6, 6.07) is 5.75. The van der Waals surface area contributed by atoms with Crippen LogP contribution in [0.15, 0.2) is 22.6 Å². The molecule has 0 fully saturated rings. The van der Waals surface area contributed by atoms with Gasteiger partial charge in [0.2, 0.25) is 0 Å². The first-order valence-electron chi connectivity index (χ1n) is 4.09. The molecule has 0 bridgehead atoms. The highest BCUT2D eigenvalue weighted by atomic mass is 16.3. The first-order valence-corrected chi connectivity index (χ1v) is 4.09. The fraction of sp³-hybridized carbons (Fsp3) is 0.222. The van der Waals surface area contributed by atoms with Crippen LogP contribution in [-0.2, 0) is 0 Å². The van der Waals surface area contributed by atoms with Gasteiger partial charge in [-0.1, -0.05) is 0 Å². The van der Waals surface area contributed by atoms with Gasteiger partial charge < -0.3 is 9.73 Å². The summed E-state index contributed by atoms with van der Waals surface area (Å²) in [5, 5.41) is 9.84. The van der Waals surface area contributed by atoms with Gasteiger partial charge >= 0.3 is 0 Å². The molecule has 0 saturated carbocycles. The largest absolute Gasteiger partial charge is 0.460 e. The maximum atomic E-state index is 5.43. The number of anilines is 1. The van der Waals surface area contributed by atoms with Crippen molar-refractivity contribution in [2.24, 2.45) is 0 Å². The van der Waals surface area contributed by atoms with Crippen LogP contribution in [0.5, 0.6) is 0 Å². The molecule has 2 aromatic rings. The van der Waals surface area contributed by atoms with E-state index in [-0.39, 0.29) is 0 Å². The molecule has 0 aliphatic heterocycles. The van der Waals surface area contributed by atoms with Crippen molar-refractivity contribution in [3.8, 4) is 11.5 Å². The number of H-pyrrole nitrogens is 1. The molecule has 2 rings (SSSR count). The monoisotopic (exact) mass is 177 g/mol. The summed E-state index contributed by atoms with van der Waals surface area (Å²) in [5.41, 5.74) is 0.887. The van der Waals surface area contributed by atoms with Crippen LogP contribution in [0.25, 0.3) is 11.5 Å². The molecule has 0 aliphatic rings. The minimum atomic E-state index is 0.809. The summed E-state index contributed by atoms with van der Waals surface area (Å²) in [6.07, 6.45) is 0. The SMILES string of the molecule is CNc1cc(-c2ccc(C)o2)[nH]n1. The van der Waals surface area contributed by atoms with Crippen LogP contribution in [0.2, 0.25) is 0 Å². The Bertz CT molecular complexity index is 402. The van der Waals surface area contributed by atoms with E-state index in [1.165, 1.54) is 0 Å². The lowest BCUT2D eigenvalue weighted by Gasteiger charge is -1.88. The van der Waals surface area contributed by atoms with Gasteiger partial charge in [0.25, 0.3) is 0 Å². The third-order valence-electron chi connectivity index (χ3n) is 1.84. The lowest BCUT2D eigenvalue weighted by Crippen LogP contribution is -1.85. The zero-order chi connectivity index (χ0) is 9.26. The number of furan rings is 1. The minimum Gasteiger partial charge on any atom is -0.460 e. The smallest absolute Gasteiger partial charge is 0.152 e. The topological polar surface area (TPSA) is 53.9 Å². The van der Waals surface area contributed by atoms with Crippen LogP contribution >= 0.6 is 0 Å². The summed E-state index contributed by atoms with van der Waals surface area (Å²) in [5.74, 6) is 2.52. The predicted molar refractivity (Wildman–Crippen MR) is 50.6 cm³/mol. The molecular weight excluding hydrogens is 166 g/mol. The molecule has 2 N–H and O–H groups in total. The molecule has 0 atom stereocenters. The standard InChI is InChI=1S/C9H11N3O/c1-6-3-4-8(13-6)7-5-9(10-2)12-11-7/h3-5H,1-2H3,(H2,10,11,12). The fourth-order valence-corrected chi connectivity index (χ4v) is 1.16.